The summed E-state index contributed by atoms with van der Waals surface area (Å²) in [5.74, 6) is -1.84. The van der Waals surface area contributed by atoms with Crippen molar-refractivity contribution in [3.63, 3.8) is 0 Å². The second-order valence-electron chi connectivity index (χ2n) is 6.07. The average Bonchev–Trinajstić information content (AvgIpc) is 2.59. The van der Waals surface area contributed by atoms with Crippen LogP contribution in [0.5, 0.6) is 5.88 Å². The molecule has 0 saturated carbocycles. The molecule has 1 atom stereocenters. The first kappa shape index (κ1) is 20.7. The Hall–Kier alpha value is -2.64. The lowest BCUT2D eigenvalue weighted by Gasteiger charge is -2.18. The van der Waals surface area contributed by atoms with Crippen molar-refractivity contribution in [2.24, 2.45) is 4.99 Å². The second-order valence-corrected chi connectivity index (χ2v) is 6.07. The number of hydrogen-bond acceptors (Lipinski definition) is 3. The largest absolute Gasteiger partial charge is 0.469 e. The number of benzene rings is 1. The smallest absolute Gasteiger partial charge is 0.269 e. The van der Waals surface area contributed by atoms with Gasteiger partial charge in [-0.05, 0) is 44.5 Å². The second kappa shape index (κ2) is 8.83. The zero-order chi connectivity index (χ0) is 20.1. The highest BCUT2D eigenvalue weighted by Crippen LogP contribution is 2.35. The topological polar surface area (TPSA) is 37.7 Å². The molecule has 0 aliphatic heterocycles. The van der Waals surface area contributed by atoms with Gasteiger partial charge in [0.25, 0.3) is 6.43 Å². The lowest BCUT2D eigenvalue weighted by molar-refractivity contribution is 0.136. The number of halogens is 4. The van der Waals surface area contributed by atoms with Crippen LogP contribution in [0.2, 0.25) is 0 Å². The number of aromatic nitrogens is 1. The van der Waals surface area contributed by atoms with Gasteiger partial charge in [-0.25, -0.2) is 27.5 Å². The van der Waals surface area contributed by atoms with E-state index in [1.165, 1.54) is 19.3 Å². The molecular weight excluding hydrogens is 362 g/mol. The lowest BCUT2D eigenvalue weighted by Crippen LogP contribution is -2.14. The van der Waals surface area contributed by atoms with Gasteiger partial charge in [-0.2, -0.15) is 0 Å². The highest BCUT2D eigenvalue weighted by atomic mass is 19.3. The third kappa shape index (κ3) is 5.42. The standard InChI is InChI=1S/C19H21F4N3O/c1-5-26(4)10-24-17-9-16(18(22)23)19(25-11(17)2)27-12(3)13-6-14(20)8-15(21)7-13/h6-10,12,18H,5H2,1-4H3/b24-10+. The minimum atomic E-state index is -2.84. The van der Waals surface area contributed by atoms with Crippen molar-refractivity contribution >= 4 is 12.0 Å². The quantitative estimate of drug-likeness (QED) is 0.367. The number of ether oxygens (including phenoxy) is 1. The highest BCUT2D eigenvalue weighted by Gasteiger charge is 2.21. The zero-order valence-corrected chi connectivity index (χ0v) is 15.5. The molecule has 27 heavy (non-hydrogen) atoms. The first-order chi connectivity index (χ1) is 12.7. The van der Waals surface area contributed by atoms with E-state index in [-0.39, 0.29) is 11.4 Å². The Kier molecular flexibility index (Phi) is 6.76. The summed E-state index contributed by atoms with van der Waals surface area (Å²) in [5.41, 5.74) is 0.435. The molecule has 1 unspecified atom stereocenters. The molecule has 0 aliphatic rings. The summed E-state index contributed by atoms with van der Waals surface area (Å²) in [6.45, 7) is 5.76. The number of aliphatic imine (C=N–C) groups is 1. The normalized spacial score (nSPS) is 12.6. The van der Waals surface area contributed by atoms with Gasteiger partial charge in [0.05, 0.1) is 23.3 Å². The third-order valence-electron chi connectivity index (χ3n) is 3.95. The number of rotatable bonds is 7. The molecule has 146 valence electrons. The van der Waals surface area contributed by atoms with Crippen LogP contribution in [0.3, 0.4) is 0 Å². The molecule has 8 heteroatoms. The predicted octanol–water partition coefficient (Wildman–Crippen LogP) is 5.36. The molecule has 0 bridgehead atoms. The van der Waals surface area contributed by atoms with Crippen LogP contribution in [0.25, 0.3) is 0 Å². The molecule has 0 radical (unpaired) electrons. The van der Waals surface area contributed by atoms with Crippen molar-refractivity contribution in [1.82, 2.24) is 9.88 Å². The Morgan fingerprint density at radius 1 is 1.19 bits per heavy atom. The van der Waals surface area contributed by atoms with E-state index in [2.05, 4.69) is 9.98 Å². The zero-order valence-electron chi connectivity index (χ0n) is 15.5. The van der Waals surface area contributed by atoms with E-state index in [1.54, 1.807) is 18.9 Å². The van der Waals surface area contributed by atoms with E-state index in [4.69, 9.17) is 4.74 Å². The van der Waals surface area contributed by atoms with Crippen LogP contribution in [0.15, 0.2) is 29.3 Å². The molecule has 0 fully saturated rings. The van der Waals surface area contributed by atoms with Crippen LogP contribution in [-0.4, -0.2) is 29.8 Å². The van der Waals surface area contributed by atoms with E-state index in [0.717, 1.165) is 18.2 Å². The molecule has 4 nitrogen and oxygen atoms in total. The number of hydrogen-bond donors (Lipinski definition) is 0. The summed E-state index contributed by atoms with van der Waals surface area (Å²) in [4.78, 5) is 10.0. The van der Waals surface area contributed by atoms with Gasteiger partial charge in [0, 0.05) is 19.7 Å². The van der Waals surface area contributed by atoms with Gasteiger partial charge in [0.15, 0.2) is 0 Å². The van der Waals surface area contributed by atoms with Crippen LogP contribution >= 0.6 is 0 Å². The van der Waals surface area contributed by atoms with E-state index >= 15 is 0 Å². The molecule has 2 aromatic rings. The maximum atomic E-state index is 13.5. The highest BCUT2D eigenvalue weighted by molar-refractivity contribution is 5.63. The Morgan fingerprint density at radius 2 is 1.81 bits per heavy atom. The molecule has 2 rings (SSSR count). The van der Waals surface area contributed by atoms with Crippen LogP contribution in [0.1, 0.15) is 43.2 Å². The number of pyridine rings is 1. The van der Waals surface area contributed by atoms with E-state index in [9.17, 15) is 17.6 Å². The van der Waals surface area contributed by atoms with Crippen molar-refractivity contribution in [2.45, 2.75) is 33.3 Å². The molecule has 1 aromatic heterocycles. The summed E-state index contributed by atoms with van der Waals surface area (Å²) in [5, 5.41) is 0. The van der Waals surface area contributed by atoms with Crippen molar-refractivity contribution < 1.29 is 22.3 Å². The first-order valence-electron chi connectivity index (χ1n) is 8.38. The van der Waals surface area contributed by atoms with Gasteiger partial charge in [-0.3, -0.25) is 0 Å². The third-order valence-corrected chi connectivity index (χ3v) is 3.95. The van der Waals surface area contributed by atoms with Crippen LogP contribution in [0.4, 0.5) is 23.2 Å². The van der Waals surface area contributed by atoms with Gasteiger partial charge in [0.2, 0.25) is 5.88 Å². The number of alkyl halides is 2. The van der Waals surface area contributed by atoms with Crippen molar-refractivity contribution in [2.75, 3.05) is 13.6 Å². The minimum Gasteiger partial charge on any atom is -0.469 e. The van der Waals surface area contributed by atoms with Gasteiger partial charge < -0.3 is 9.64 Å². The Balaban J connectivity index is 2.35. The van der Waals surface area contributed by atoms with Crippen molar-refractivity contribution in [3.8, 4) is 5.88 Å². The number of nitrogens with zero attached hydrogens (tertiary/aromatic N) is 3. The summed E-state index contributed by atoms with van der Waals surface area (Å²) >= 11 is 0. The Labute approximate surface area is 155 Å². The minimum absolute atomic E-state index is 0.179. The Morgan fingerprint density at radius 3 is 2.37 bits per heavy atom. The monoisotopic (exact) mass is 383 g/mol. The SMILES string of the molecule is CCN(C)/C=N/c1cc(C(F)F)c(OC(C)c2cc(F)cc(F)c2)nc1C. The van der Waals surface area contributed by atoms with E-state index in [0.29, 0.717) is 17.9 Å². The molecule has 1 heterocycles. The fraction of sp³-hybridized carbons (Fsp3) is 0.368. The Bertz CT molecular complexity index is 807. The van der Waals surface area contributed by atoms with Crippen LogP contribution < -0.4 is 4.74 Å². The van der Waals surface area contributed by atoms with E-state index in [1.807, 2.05) is 6.92 Å². The van der Waals surface area contributed by atoms with Crippen LogP contribution in [0, 0.1) is 18.6 Å². The van der Waals surface area contributed by atoms with Crippen LogP contribution in [-0.2, 0) is 0 Å². The molecule has 0 spiro atoms. The fourth-order valence-corrected chi connectivity index (χ4v) is 2.26. The maximum Gasteiger partial charge on any atom is 0.269 e. The van der Waals surface area contributed by atoms with Gasteiger partial charge >= 0.3 is 0 Å². The average molecular weight is 383 g/mol. The number of aryl methyl sites for hydroxylation is 1. The van der Waals surface area contributed by atoms with Gasteiger partial charge in [-0.1, -0.05) is 0 Å². The molecule has 1 aromatic carbocycles. The molecule has 0 amide bonds. The van der Waals surface area contributed by atoms with Gasteiger partial charge in [0.1, 0.15) is 17.7 Å². The summed E-state index contributed by atoms with van der Waals surface area (Å²) < 4.78 is 59.2. The fourth-order valence-electron chi connectivity index (χ4n) is 2.26. The summed E-state index contributed by atoms with van der Waals surface area (Å²) in [7, 11) is 1.80. The first-order valence-corrected chi connectivity index (χ1v) is 8.38. The predicted molar refractivity (Wildman–Crippen MR) is 95.8 cm³/mol. The van der Waals surface area contributed by atoms with Crippen molar-refractivity contribution in [3.05, 3.63) is 52.7 Å². The lowest BCUT2D eigenvalue weighted by atomic mass is 10.1. The summed E-state index contributed by atoms with van der Waals surface area (Å²) in [6, 6.07) is 4.11. The molecule has 0 saturated heterocycles. The molecule has 0 N–H and O–H groups in total. The van der Waals surface area contributed by atoms with Gasteiger partial charge in [-0.15, -0.1) is 0 Å². The van der Waals surface area contributed by atoms with Crippen molar-refractivity contribution in [1.29, 1.82) is 0 Å². The molecular formula is C19H21F4N3O. The van der Waals surface area contributed by atoms with E-state index < -0.39 is 29.7 Å². The molecule has 0 aliphatic carbocycles. The maximum absolute atomic E-state index is 13.5. The summed E-state index contributed by atoms with van der Waals surface area (Å²) in [6.07, 6.45) is -2.19.